The van der Waals surface area contributed by atoms with Gasteiger partial charge in [-0.05, 0) is 49.4 Å². The standard InChI is InChI=1S/C22H26ClN3O7S/c1-3-32-22(28)26-12-10-25(11-13-26)21(27)15-33-17-5-7-18(8-6-17)34(29,30)24-16-4-9-20(31-2)19(23)14-16/h4-9,14,24H,3,10-13,15H2,1-2H3. The minimum atomic E-state index is -3.85. The molecule has 1 saturated heterocycles. The summed E-state index contributed by atoms with van der Waals surface area (Å²) < 4.78 is 43.3. The minimum absolute atomic E-state index is 0.0215. The molecule has 2 aromatic rings. The van der Waals surface area contributed by atoms with Crippen LogP contribution in [0.25, 0.3) is 0 Å². The predicted molar refractivity (Wildman–Crippen MR) is 126 cm³/mol. The molecular weight excluding hydrogens is 486 g/mol. The molecule has 2 amide bonds. The highest BCUT2D eigenvalue weighted by Crippen LogP contribution is 2.28. The molecule has 0 aromatic heterocycles. The molecule has 34 heavy (non-hydrogen) atoms. The molecule has 0 atom stereocenters. The quantitative estimate of drug-likeness (QED) is 0.579. The van der Waals surface area contributed by atoms with Gasteiger partial charge in [-0.3, -0.25) is 9.52 Å². The smallest absolute Gasteiger partial charge is 0.409 e. The van der Waals surface area contributed by atoms with Gasteiger partial charge >= 0.3 is 6.09 Å². The van der Waals surface area contributed by atoms with Gasteiger partial charge in [0.1, 0.15) is 11.5 Å². The first kappa shape index (κ1) is 25.4. The number of carbonyl (C=O) groups excluding carboxylic acids is 2. The number of piperazine rings is 1. The van der Waals surface area contributed by atoms with Crippen molar-refractivity contribution in [2.24, 2.45) is 0 Å². The molecule has 12 heteroatoms. The number of hydrogen-bond donors (Lipinski definition) is 1. The van der Waals surface area contributed by atoms with Crippen LogP contribution in [0.1, 0.15) is 6.92 Å². The number of nitrogens with zero attached hydrogens (tertiary/aromatic N) is 2. The molecule has 1 fully saturated rings. The van der Waals surface area contributed by atoms with Gasteiger partial charge < -0.3 is 24.0 Å². The van der Waals surface area contributed by atoms with Crippen molar-refractivity contribution in [2.75, 3.05) is 51.2 Å². The highest BCUT2D eigenvalue weighted by atomic mass is 35.5. The molecule has 1 aliphatic heterocycles. The number of amides is 2. The lowest BCUT2D eigenvalue weighted by Crippen LogP contribution is -2.51. The molecule has 0 unspecified atom stereocenters. The van der Waals surface area contributed by atoms with E-state index >= 15 is 0 Å². The minimum Gasteiger partial charge on any atom is -0.495 e. The Kier molecular flexibility index (Phi) is 8.46. The van der Waals surface area contributed by atoms with Crippen LogP contribution in [0.2, 0.25) is 5.02 Å². The Morgan fingerprint density at radius 3 is 2.26 bits per heavy atom. The molecular formula is C22H26ClN3O7S. The SMILES string of the molecule is CCOC(=O)N1CCN(C(=O)COc2ccc(S(=O)(=O)Nc3ccc(OC)c(Cl)c3)cc2)CC1. The summed E-state index contributed by atoms with van der Waals surface area (Å²) in [5.74, 6) is 0.560. The second-order valence-electron chi connectivity index (χ2n) is 7.28. The maximum Gasteiger partial charge on any atom is 0.409 e. The summed E-state index contributed by atoms with van der Waals surface area (Å²) in [6, 6.07) is 10.3. The van der Waals surface area contributed by atoms with Gasteiger partial charge in [-0.15, -0.1) is 0 Å². The van der Waals surface area contributed by atoms with Crippen molar-refractivity contribution < 1.29 is 32.2 Å². The van der Waals surface area contributed by atoms with Crippen molar-refractivity contribution in [2.45, 2.75) is 11.8 Å². The molecule has 1 N–H and O–H groups in total. The zero-order valence-electron chi connectivity index (χ0n) is 18.8. The van der Waals surface area contributed by atoms with Crippen LogP contribution in [-0.2, 0) is 19.6 Å². The van der Waals surface area contributed by atoms with E-state index < -0.39 is 10.0 Å². The second kappa shape index (κ2) is 11.3. The Balaban J connectivity index is 1.52. The first-order valence-corrected chi connectivity index (χ1v) is 12.4. The molecule has 10 nitrogen and oxygen atoms in total. The fourth-order valence-electron chi connectivity index (χ4n) is 3.25. The zero-order chi connectivity index (χ0) is 24.7. The molecule has 1 heterocycles. The lowest BCUT2D eigenvalue weighted by Gasteiger charge is -2.33. The molecule has 0 bridgehead atoms. The molecule has 184 valence electrons. The highest BCUT2D eigenvalue weighted by Gasteiger charge is 2.25. The molecule has 0 aliphatic carbocycles. The summed E-state index contributed by atoms with van der Waals surface area (Å²) in [6.45, 7) is 3.40. The van der Waals surface area contributed by atoms with Crippen LogP contribution in [0.15, 0.2) is 47.4 Å². The Labute approximate surface area is 203 Å². The van der Waals surface area contributed by atoms with Gasteiger partial charge in [-0.1, -0.05) is 11.6 Å². The first-order valence-electron chi connectivity index (χ1n) is 10.5. The largest absolute Gasteiger partial charge is 0.495 e. The molecule has 0 spiro atoms. The van der Waals surface area contributed by atoms with E-state index in [4.69, 9.17) is 25.8 Å². The van der Waals surface area contributed by atoms with Gasteiger partial charge in [0.25, 0.3) is 15.9 Å². The van der Waals surface area contributed by atoms with Crippen molar-refractivity contribution in [3.05, 3.63) is 47.5 Å². The number of ether oxygens (including phenoxy) is 3. The van der Waals surface area contributed by atoms with E-state index in [1.165, 1.54) is 43.5 Å². The molecule has 1 aliphatic rings. The van der Waals surface area contributed by atoms with E-state index in [-0.39, 0.29) is 28.5 Å². The average Bonchev–Trinajstić information content (AvgIpc) is 2.83. The Hall–Kier alpha value is -3.18. The van der Waals surface area contributed by atoms with Gasteiger partial charge in [-0.25, -0.2) is 13.2 Å². The van der Waals surface area contributed by atoms with E-state index in [1.54, 1.807) is 22.8 Å². The van der Waals surface area contributed by atoms with Crippen molar-refractivity contribution in [1.29, 1.82) is 0 Å². The van der Waals surface area contributed by atoms with Crippen LogP contribution in [0.3, 0.4) is 0 Å². The van der Waals surface area contributed by atoms with Gasteiger partial charge in [-0.2, -0.15) is 0 Å². The average molecular weight is 512 g/mol. The van der Waals surface area contributed by atoms with Gasteiger partial charge in [0.2, 0.25) is 0 Å². The first-order chi connectivity index (χ1) is 16.2. The fraction of sp³-hybridized carbons (Fsp3) is 0.364. The van der Waals surface area contributed by atoms with Crippen LogP contribution in [-0.4, -0.2) is 76.7 Å². The van der Waals surface area contributed by atoms with Crippen molar-refractivity contribution >= 4 is 39.3 Å². The van der Waals surface area contributed by atoms with E-state index in [1.807, 2.05) is 0 Å². The predicted octanol–water partition coefficient (Wildman–Crippen LogP) is 2.83. The van der Waals surface area contributed by atoms with Crippen LogP contribution >= 0.6 is 11.6 Å². The number of sulfonamides is 1. The molecule has 0 radical (unpaired) electrons. The van der Waals surface area contributed by atoms with Gasteiger partial charge in [0.05, 0.1) is 29.3 Å². The third kappa shape index (κ3) is 6.45. The highest BCUT2D eigenvalue weighted by molar-refractivity contribution is 7.92. The maximum atomic E-state index is 12.6. The zero-order valence-corrected chi connectivity index (χ0v) is 20.4. The van der Waals surface area contributed by atoms with Crippen molar-refractivity contribution in [3.63, 3.8) is 0 Å². The molecule has 3 rings (SSSR count). The van der Waals surface area contributed by atoms with E-state index in [9.17, 15) is 18.0 Å². The monoisotopic (exact) mass is 511 g/mol. The van der Waals surface area contributed by atoms with E-state index in [0.717, 1.165) is 0 Å². The summed E-state index contributed by atoms with van der Waals surface area (Å²) in [5, 5.41) is 0.276. The third-order valence-corrected chi connectivity index (χ3v) is 6.75. The number of hydrogen-bond acceptors (Lipinski definition) is 7. The van der Waals surface area contributed by atoms with Crippen molar-refractivity contribution in [1.82, 2.24) is 9.80 Å². The van der Waals surface area contributed by atoms with Crippen LogP contribution in [0.4, 0.5) is 10.5 Å². The van der Waals surface area contributed by atoms with E-state index in [2.05, 4.69) is 4.72 Å². The van der Waals surface area contributed by atoms with Gasteiger partial charge in [0, 0.05) is 26.2 Å². The Morgan fingerprint density at radius 1 is 1.03 bits per heavy atom. The van der Waals surface area contributed by atoms with Crippen molar-refractivity contribution in [3.8, 4) is 11.5 Å². The summed E-state index contributed by atoms with van der Waals surface area (Å²) in [5.41, 5.74) is 0.291. The summed E-state index contributed by atoms with van der Waals surface area (Å²) >= 11 is 6.05. The third-order valence-electron chi connectivity index (χ3n) is 5.06. The summed E-state index contributed by atoms with van der Waals surface area (Å²) in [4.78, 5) is 27.3. The second-order valence-corrected chi connectivity index (χ2v) is 9.37. The molecule has 0 saturated carbocycles. The van der Waals surface area contributed by atoms with Crippen LogP contribution < -0.4 is 14.2 Å². The molecule has 2 aromatic carbocycles. The van der Waals surface area contributed by atoms with E-state index in [0.29, 0.717) is 50.0 Å². The fourth-order valence-corrected chi connectivity index (χ4v) is 4.56. The summed E-state index contributed by atoms with van der Waals surface area (Å²) in [6.07, 6.45) is -0.384. The number of nitrogens with one attached hydrogen (secondary N) is 1. The number of methoxy groups -OCH3 is 1. The lowest BCUT2D eigenvalue weighted by molar-refractivity contribution is -0.134. The maximum absolute atomic E-state index is 12.6. The van der Waals surface area contributed by atoms with Crippen LogP contribution in [0.5, 0.6) is 11.5 Å². The number of carbonyl (C=O) groups is 2. The Bertz CT molecular complexity index is 1120. The summed E-state index contributed by atoms with van der Waals surface area (Å²) in [7, 11) is -2.39. The Morgan fingerprint density at radius 2 is 1.68 bits per heavy atom. The van der Waals surface area contributed by atoms with Crippen LogP contribution in [0, 0.1) is 0 Å². The number of benzene rings is 2. The van der Waals surface area contributed by atoms with Gasteiger partial charge in [0.15, 0.2) is 6.61 Å². The normalized spacial score (nSPS) is 13.9. The lowest BCUT2D eigenvalue weighted by atomic mass is 10.3. The number of rotatable bonds is 8. The number of anilines is 1. The topological polar surface area (TPSA) is 114 Å². The number of halogens is 1.